The highest BCUT2D eigenvalue weighted by Gasteiger charge is 2.16. The van der Waals surface area contributed by atoms with Gasteiger partial charge in [-0.25, -0.2) is 4.39 Å². The molecule has 0 radical (unpaired) electrons. The van der Waals surface area contributed by atoms with Gasteiger partial charge in [-0.1, -0.05) is 13.8 Å². The largest absolute Gasteiger partial charge is 0.389 e. The fourth-order valence-electron chi connectivity index (χ4n) is 2.10. The number of methoxy groups -OCH3 is 1. The van der Waals surface area contributed by atoms with E-state index in [4.69, 9.17) is 4.74 Å². The van der Waals surface area contributed by atoms with Crippen LogP contribution in [0, 0.1) is 11.7 Å². The summed E-state index contributed by atoms with van der Waals surface area (Å²) in [7, 11) is 1.66. The van der Waals surface area contributed by atoms with Crippen molar-refractivity contribution in [3.05, 3.63) is 29.6 Å². The molecule has 1 atom stereocenters. The van der Waals surface area contributed by atoms with Crippen LogP contribution < -0.4 is 4.90 Å². The summed E-state index contributed by atoms with van der Waals surface area (Å²) in [6.45, 7) is 8.08. The second kappa shape index (κ2) is 7.46. The number of ether oxygens (including phenoxy) is 1. The molecular weight excluding hydrogens is 245 g/mol. The van der Waals surface area contributed by atoms with Crippen molar-refractivity contribution in [1.29, 1.82) is 0 Å². The number of aliphatic hydroxyl groups is 1. The van der Waals surface area contributed by atoms with Gasteiger partial charge >= 0.3 is 0 Å². The van der Waals surface area contributed by atoms with Crippen molar-refractivity contribution in [2.24, 2.45) is 5.92 Å². The zero-order chi connectivity index (χ0) is 14.4. The van der Waals surface area contributed by atoms with Gasteiger partial charge in [0.05, 0.1) is 12.7 Å². The second-order valence-electron chi connectivity index (χ2n) is 5.21. The highest BCUT2D eigenvalue weighted by Crippen LogP contribution is 2.27. The Bertz CT molecular complexity index is 394. The molecule has 0 aliphatic heterocycles. The molecule has 1 N–H and O–H groups in total. The molecule has 108 valence electrons. The van der Waals surface area contributed by atoms with E-state index in [0.29, 0.717) is 18.1 Å². The van der Waals surface area contributed by atoms with E-state index in [1.165, 1.54) is 12.1 Å². The first-order chi connectivity index (χ1) is 8.95. The third-order valence-corrected chi connectivity index (χ3v) is 2.93. The quantitative estimate of drug-likeness (QED) is 0.826. The first kappa shape index (κ1) is 15.9. The number of benzene rings is 1. The molecule has 1 aromatic carbocycles. The summed E-state index contributed by atoms with van der Waals surface area (Å²) >= 11 is 0. The predicted octanol–water partition coefficient (Wildman–Crippen LogP) is 2.99. The molecule has 3 nitrogen and oxygen atoms in total. The van der Waals surface area contributed by atoms with Crippen LogP contribution in [0.25, 0.3) is 0 Å². The number of anilines is 1. The molecule has 0 saturated carbocycles. The van der Waals surface area contributed by atoms with E-state index >= 15 is 0 Å². The van der Waals surface area contributed by atoms with Crippen molar-refractivity contribution in [2.45, 2.75) is 26.9 Å². The summed E-state index contributed by atoms with van der Waals surface area (Å²) in [5.74, 6) is 0.152. The molecule has 0 unspecified atom stereocenters. The van der Waals surface area contributed by atoms with Gasteiger partial charge in [-0.3, -0.25) is 0 Å². The van der Waals surface area contributed by atoms with E-state index in [1.807, 2.05) is 0 Å². The fraction of sp³-hybridized carbons (Fsp3) is 0.600. The maximum Gasteiger partial charge on any atom is 0.123 e. The zero-order valence-corrected chi connectivity index (χ0v) is 12.2. The first-order valence-corrected chi connectivity index (χ1v) is 6.67. The van der Waals surface area contributed by atoms with E-state index in [2.05, 4.69) is 18.7 Å². The topological polar surface area (TPSA) is 32.7 Å². The van der Waals surface area contributed by atoms with Crippen LogP contribution in [0.2, 0.25) is 0 Å². The first-order valence-electron chi connectivity index (χ1n) is 6.67. The fourth-order valence-corrected chi connectivity index (χ4v) is 2.10. The van der Waals surface area contributed by atoms with Crippen molar-refractivity contribution >= 4 is 5.69 Å². The Morgan fingerprint density at radius 2 is 2.00 bits per heavy atom. The summed E-state index contributed by atoms with van der Waals surface area (Å²) in [5, 5.41) is 9.81. The van der Waals surface area contributed by atoms with E-state index in [9.17, 15) is 9.50 Å². The maximum absolute atomic E-state index is 13.3. The van der Waals surface area contributed by atoms with Gasteiger partial charge < -0.3 is 14.7 Å². The lowest BCUT2D eigenvalue weighted by Gasteiger charge is -2.29. The van der Waals surface area contributed by atoms with Crippen molar-refractivity contribution in [1.82, 2.24) is 0 Å². The zero-order valence-electron chi connectivity index (χ0n) is 12.2. The van der Waals surface area contributed by atoms with E-state index in [1.54, 1.807) is 20.1 Å². The normalized spacial score (nSPS) is 12.8. The second-order valence-corrected chi connectivity index (χ2v) is 5.21. The Hall–Kier alpha value is -1.13. The van der Waals surface area contributed by atoms with Crippen LogP contribution in [-0.2, 0) is 4.74 Å². The van der Waals surface area contributed by atoms with E-state index < -0.39 is 6.10 Å². The van der Waals surface area contributed by atoms with Gasteiger partial charge in [-0.2, -0.15) is 0 Å². The third kappa shape index (κ3) is 4.80. The molecule has 4 heteroatoms. The lowest BCUT2D eigenvalue weighted by atomic mass is 10.1. The summed E-state index contributed by atoms with van der Waals surface area (Å²) in [6.07, 6.45) is -0.692. The highest BCUT2D eigenvalue weighted by atomic mass is 19.1. The molecule has 0 spiro atoms. The monoisotopic (exact) mass is 269 g/mol. The van der Waals surface area contributed by atoms with Crippen LogP contribution in [0.5, 0.6) is 0 Å². The lowest BCUT2D eigenvalue weighted by Crippen LogP contribution is -2.32. The summed E-state index contributed by atoms with van der Waals surface area (Å²) in [6, 6.07) is 4.57. The van der Waals surface area contributed by atoms with E-state index in [-0.39, 0.29) is 5.82 Å². The van der Waals surface area contributed by atoms with Crippen molar-refractivity contribution in [2.75, 3.05) is 31.7 Å². The van der Waals surface area contributed by atoms with Gasteiger partial charge in [0.25, 0.3) is 0 Å². The molecule has 0 saturated heterocycles. The van der Waals surface area contributed by atoms with Crippen molar-refractivity contribution in [3.8, 4) is 0 Å². The summed E-state index contributed by atoms with van der Waals surface area (Å²) in [5.41, 5.74) is 1.50. The molecule has 1 aromatic rings. The minimum Gasteiger partial charge on any atom is -0.389 e. The average molecular weight is 269 g/mol. The van der Waals surface area contributed by atoms with Crippen LogP contribution in [0.4, 0.5) is 10.1 Å². The molecule has 0 amide bonds. The Kier molecular flexibility index (Phi) is 6.25. The Morgan fingerprint density at radius 1 is 1.32 bits per heavy atom. The van der Waals surface area contributed by atoms with Crippen LogP contribution in [0.3, 0.4) is 0 Å². The number of hydrogen-bond acceptors (Lipinski definition) is 3. The molecule has 0 aromatic heterocycles. The van der Waals surface area contributed by atoms with Crippen LogP contribution >= 0.6 is 0 Å². The van der Waals surface area contributed by atoms with Gasteiger partial charge in [-0.15, -0.1) is 0 Å². The molecule has 19 heavy (non-hydrogen) atoms. The molecule has 1 rings (SSSR count). The number of hydrogen-bond donors (Lipinski definition) is 1. The summed E-state index contributed by atoms with van der Waals surface area (Å²) < 4.78 is 18.5. The third-order valence-electron chi connectivity index (χ3n) is 2.93. The van der Waals surface area contributed by atoms with Gasteiger partial charge in [-0.05, 0) is 31.0 Å². The Balaban J connectivity index is 3.05. The average Bonchev–Trinajstić information content (AvgIpc) is 2.34. The van der Waals surface area contributed by atoms with Crippen LogP contribution in [-0.4, -0.2) is 31.9 Å². The number of halogens is 1. The molecule has 0 heterocycles. The molecular formula is C15H24FNO2. The molecule has 0 aliphatic carbocycles. The van der Waals surface area contributed by atoms with Gasteiger partial charge in [0.15, 0.2) is 0 Å². The minimum atomic E-state index is -0.692. The molecule has 0 aliphatic rings. The maximum atomic E-state index is 13.3. The Morgan fingerprint density at radius 3 is 2.53 bits per heavy atom. The van der Waals surface area contributed by atoms with Gasteiger partial charge in [0.1, 0.15) is 5.82 Å². The smallest absolute Gasteiger partial charge is 0.123 e. The number of nitrogens with zero attached hydrogens (tertiary/aromatic N) is 1. The lowest BCUT2D eigenvalue weighted by molar-refractivity contribution is 0.196. The van der Waals surface area contributed by atoms with Crippen molar-refractivity contribution < 1.29 is 14.2 Å². The molecule has 0 fully saturated rings. The predicted molar refractivity (Wildman–Crippen MR) is 76.0 cm³/mol. The van der Waals surface area contributed by atoms with Gasteiger partial charge in [0.2, 0.25) is 0 Å². The SMILES string of the molecule is COCCN(CC(C)C)c1ccc(F)cc1[C@@H](C)O. The van der Waals surface area contributed by atoms with Crippen LogP contribution in [0.1, 0.15) is 32.4 Å². The van der Waals surface area contributed by atoms with Crippen LogP contribution in [0.15, 0.2) is 18.2 Å². The van der Waals surface area contributed by atoms with Crippen molar-refractivity contribution in [3.63, 3.8) is 0 Å². The molecule has 0 bridgehead atoms. The highest BCUT2D eigenvalue weighted by molar-refractivity contribution is 5.54. The number of aliphatic hydroxyl groups excluding tert-OH is 1. The van der Waals surface area contributed by atoms with E-state index in [0.717, 1.165) is 18.8 Å². The van der Waals surface area contributed by atoms with Gasteiger partial charge in [0, 0.05) is 31.5 Å². The standard InChI is InChI=1S/C15H24FNO2/c1-11(2)10-17(7-8-19-4)15-6-5-13(16)9-14(15)12(3)18/h5-6,9,11-12,18H,7-8,10H2,1-4H3/t12-/m1/s1. The minimum absolute atomic E-state index is 0.323. The summed E-state index contributed by atoms with van der Waals surface area (Å²) in [4.78, 5) is 2.13. The number of rotatable bonds is 7. The Labute approximate surface area is 115 Å².